The van der Waals surface area contributed by atoms with Crippen LogP contribution < -0.4 is 19.5 Å². The Morgan fingerprint density at radius 1 is 0.846 bits per heavy atom. The number of methoxy groups -OCH3 is 3. The largest absolute Gasteiger partial charge is 0.496 e. The van der Waals surface area contributed by atoms with Gasteiger partial charge in [0.15, 0.2) is 23.1 Å². The molecule has 2 aromatic rings. The minimum Gasteiger partial charge on any atom is -0.496 e. The Labute approximate surface area is 148 Å². The zero-order valence-corrected chi connectivity index (χ0v) is 14.2. The van der Waals surface area contributed by atoms with Crippen LogP contribution in [0.15, 0.2) is 30.3 Å². The fraction of sp³-hybridized carbons (Fsp3) is 0.167. The monoisotopic (exact) mass is 367 g/mol. The first-order valence-corrected chi connectivity index (χ1v) is 7.33. The highest BCUT2D eigenvalue weighted by Gasteiger charge is 2.12. The lowest BCUT2D eigenvalue weighted by Crippen LogP contribution is -2.10. The number of rotatable bonds is 6. The van der Waals surface area contributed by atoms with Crippen molar-refractivity contribution in [1.82, 2.24) is 0 Å². The molecule has 0 saturated carbocycles. The summed E-state index contributed by atoms with van der Waals surface area (Å²) in [7, 11) is 4.36. The van der Waals surface area contributed by atoms with E-state index in [0.29, 0.717) is 34.9 Å². The molecule has 8 heteroatoms. The van der Waals surface area contributed by atoms with Crippen LogP contribution in [-0.2, 0) is 4.79 Å². The number of carbonyl (C=O) groups excluding carboxylic acids is 1. The molecule has 0 aliphatic rings. The molecule has 0 unspecified atom stereocenters. The van der Waals surface area contributed by atoms with Crippen molar-refractivity contribution in [3.63, 3.8) is 0 Å². The first-order chi connectivity index (χ1) is 12.4. The summed E-state index contributed by atoms with van der Waals surface area (Å²) in [6.45, 7) is 0. The minimum absolute atomic E-state index is 0.353. The summed E-state index contributed by atoms with van der Waals surface area (Å²) in [6.07, 6.45) is 2.48. The van der Waals surface area contributed by atoms with E-state index in [4.69, 9.17) is 14.2 Å². The number of hydrogen-bond acceptors (Lipinski definition) is 4. The van der Waals surface area contributed by atoms with Crippen LogP contribution in [0.5, 0.6) is 17.2 Å². The van der Waals surface area contributed by atoms with Crippen molar-refractivity contribution in [2.75, 3.05) is 26.6 Å². The molecule has 0 fully saturated rings. The van der Waals surface area contributed by atoms with Crippen molar-refractivity contribution < 1.29 is 32.2 Å². The predicted molar refractivity (Wildman–Crippen MR) is 90.1 cm³/mol. The molecule has 0 aromatic heterocycles. The van der Waals surface area contributed by atoms with E-state index in [1.54, 1.807) is 12.1 Å². The summed E-state index contributed by atoms with van der Waals surface area (Å²) < 4.78 is 55.2. The van der Waals surface area contributed by atoms with Gasteiger partial charge in [-0.05, 0) is 12.1 Å². The number of nitrogens with one attached hydrogen (secondary N) is 1. The predicted octanol–water partition coefficient (Wildman–Crippen LogP) is 3.78. The molecule has 0 saturated heterocycles. The van der Waals surface area contributed by atoms with E-state index in [0.717, 1.165) is 6.08 Å². The second-order valence-electron chi connectivity index (χ2n) is 5.02. The van der Waals surface area contributed by atoms with Gasteiger partial charge < -0.3 is 19.5 Å². The quantitative estimate of drug-likeness (QED) is 0.624. The Balaban J connectivity index is 2.24. The Kier molecular flexibility index (Phi) is 6.11. The van der Waals surface area contributed by atoms with E-state index in [9.17, 15) is 18.0 Å². The van der Waals surface area contributed by atoms with E-state index in [1.165, 1.54) is 27.4 Å². The van der Waals surface area contributed by atoms with Gasteiger partial charge in [0, 0.05) is 29.8 Å². The second-order valence-corrected chi connectivity index (χ2v) is 5.02. The Hall–Kier alpha value is -3.16. The smallest absolute Gasteiger partial charge is 0.248 e. The molecule has 1 amide bonds. The molecular formula is C18H16F3NO4. The number of anilines is 1. The summed E-state index contributed by atoms with van der Waals surface area (Å²) in [5.41, 5.74) is 0.0175. The van der Waals surface area contributed by atoms with Crippen molar-refractivity contribution >= 4 is 17.7 Å². The molecule has 0 atom stereocenters. The number of benzene rings is 2. The first kappa shape index (κ1) is 19.2. The van der Waals surface area contributed by atoms with Gasteiger partial charge in [0.1, 0.15) is 11.6 Å². The minimum atomic E-state index is -1.34. The maximum Gasteiger partial charge on any atom is 0.248 e. The highest BCUT2D eigenvalue weighted by atomic mass is 19.2. The number of ether oxygens (including phenoxy) is 3. The van der Waals surface area contributed by atoms with Crippen LogP contribution >= 0.6 is 0 Å². The Bertz CT molecular complexity index is 853. The van der Waals surface area contributed by atoms with Crippen molar-refractivity contribution in [3.8, 4) is 17.2 Å². The summed E-state index contributed by atoms with van der Waals surface area (Å²) in [5, 5.41) is 2.13. The normalized spacial score (nSPS) is 10.7. The lowest BCUT2D eigenvalue weighted by atomic mass is 10.1. The van der Waals surface area contributed by atoms with Gasteiger partial charge in [-0.3, -0.25) is 4.79 Å². The maximum atomic E-state index is 13.6. The summed E-state index contributed by atoms with van der Waals surface area (Å²) in [4.78, 5) is 11.9. The van der Waals surface area contributed by atoms with Gasteiger partial charge in [-0.1, -0.05) is 0 Å². The lowest BCUT2D eigenvalue weighted by molar-refractivity contribution is -0.111. The topological polar surface area (TPSA) is 56.8 Å². The molecular weight excluding hydrogens is 351 g/mol. The lowest BCUT2D eigenvalue weighted by Gasteiger charge is -2.12. The van der Waals surface area contributed by atoms with Crippen LogP contribution in [0.25, 0.3) is 6.08 Å². The van der Waals surface area contributed by atoms with Crippen molar-refractivity contribution in [1.29, 1.82) is 0 Å². The van der Waals surface area contributed by atoms with E-state index in [1.807, 2.05) is 0 Å². The number of carbonyl (C=O) groups is 1. The number of halogens is 3. The van der Waals surface area contributed by atoms with Gasteiger partial charge in [0.25, 0.3) is 0 Å². The molecule has 0 spiro atoms. The molecule has 138 valence electrons. The number of hydrogen-bond donors (Lipinski definition) is 1. The van der Waals surface area contributed by atoms with Gasteiger partial charge in [0.2, 0.25) is 5.91 Å². The van der Waals surface area contributed by atoms with E-state index < -0.39 is 29.0 Å². The zero-order chi connectivity index (χ0) is 19.3. The molecule has 2 rings (SSSR count). The van der Waals surface area contributed by atoms with Crippen LogP contribution in [0.1, 0.15) is 5.56 Å². The average Bonchev–Trinajstić information content (AvgIpc) is 2.63. The van der Waals surface area contributed by atoms with Gasteiger partial charge in [-0.2, -0.15) is 0 Å². The third-order valence-electron chi connectivity index (χ3n) is 3.42. The third-order valence-corrected chi connectivity index (χ3v) is 3.42. The van der Waals surface area contributed by atoms with Crippen molar-refractivity contribution in [2.45, 2.75) is 0 Å². The standard InChI is InChI=1S/C18H16F3NO4/c1-24-15-9-17(26-3)16(25-2)6-10(15)4-5-18(23)22-14-8-12(20)11(19)7-13(14)21/h4-9H,1-3H3,(H,22,23)/b5-4+. The third kappa shape index (κ3) is 4.27. The van der Waals surface area contributed by atoms with E-state index in [2.05, 4.69) is 5.32 Å². The van der Waals surface area contributed by atoms with Crippen LogP contribution in [-0.4, -0.2) is 27.2 Å². The first-order valence-electron chi connectivity index (χ1n) is 7.33. The van der Waals surface area contributed by atoms with Crippen molar-refractivity contribution in [2.24, 2.45) is 0 Å². The SMILES string of the molecule is COc1cc(OC)c(OC)cc1/C=C/C(=O)Nc1cc(F)c(F)cc1F. The highest BCUT2D eigenvalue weighted by Crippen LogP contribution is 2.35. The van der Waals surface area contributed by atoms with Gasteiger partial charge in [-0.15, -0.1) is 0 Å². The Morgan fingerprint density at radius 3 is 2.04 bits per heavy atom. The fourth-order valence-corrected chi connectivity index (χ4v) is 2.14. The van der Waals surface area contributed by atoms with Crippen LogP contribution in [0.4, 0.5) is 18.9 Å². The van der Waals surface area contributed by atoms with Crippen LogP contribution in [0, 0.1) is 17.5 Å². The summed E-state index contributed by atoms with van der Waals surface area (Å²) in [5.74, 6) is -3.18. The van der Waals surface area contributed by atoms with Gasteiger partial charge >= 0.3 is 0 Å². The molecule has 0 aliphatic heterocycles. The molecule has 5 nitrogen and oxygen atoms in total. The molecule has 0 heterocycles. The fourth-order valence-electron chi connectivity index (χ4n) is 2.14. The average molecular weight is 367 g/mol. The maximum absolute atomic E-state index is 13.6. The second kappa shape index (κ2) is 8.28. The number of amides is 1. The molecule has 26 heavy (non-hydrogen) atoms. The molecule has 0 radical (unpaired) electrons. The molecule has 2 aromatic carbocycles. The van der Waals surface area contributed by atoms with Crippen molar-refractivity contribution in [3.05, 3.63) is 53.4 Å². The highest BCUT2D eigenvalue weighted by molar-refractivity contribution is 6.02. The summed E-state index contributed by atoms with van der Waals surface area (Å²) >= 11 is 0. The zero-order valence-electron chi connectivity index (χ0n) is 14.2. The summed E-state index contributed by atoms with van der Waals surface area (Å²) in [6, 6.07) is 4.07. The Morgan fingerprint density at radius 2 is 1.42 bits per heavy atom. The molecule has 0 bridgehead atoms. The van der Waals surface area contributed by atoms with E-state index in [-0.39, 0.29) is 0 Å². The molecule has 0 aliphatic carbocycles. The van der Waals surface area contributed by atoms with Gasteiger partial charge in [0.05, 0.1) is 27.0 Å². The molecule has 1 N–H and O–H groups in total. The van der Waals surface area contributed by atoms with Gasteiger partial charge in [-0.25, -0.2) is 13.2 Å². The van der Waals surface area contributed by atoms with Crippen LogP contribution in [0.2, 0.25) is 0 Å². The van der Waals surface area contributed by atoms with E-state index >= 15 is 0 Å². The van der Waals surface area contributed by atoms with Crippen LogP contribution in [0.3, 0.4) is 0 Å².